The van der Waals surface area contributed by atoms with Crippen LogP contribution in [0.15, 0.2) is 29.2 Å². The van der Waals surface area contributed by atoms with Gasteiger partial charge >= 0.3 is 0 Å². The lowest BCUT2D eigenvalue weighted by Gasteiger charge is -2.30. The number of hydrogen-bond acceptors (Lipinski definition) is 4. The first kappa shape index (κ1) is 22.7. The van der Waals surface area contributed by atoms with E-state index in [0.29, 0.717) is 25.9 Å². The van der Waals surface area contributed by atoms with E-state index < -0.39 is 15.8 Å². The summed E-state index contributed by atoms with van der Waals surface area (Å²) in [6.07, 6.45) is 6.03. The summed E-state index contributed by atoms with van der Waals surface area (Å²) in [5, 5.41) is 5.71. The molecule has 3 rings (SSSR count). The average molecular weight is 440 g/mol. The van der Waals surface area contributed by atoms with E-state index in [1.54, 1.807) is 0 Å². The molecule has 0 bridgehead atoms. The van der Waals surface area contributed by atoms with Crippen LogP contribution in [0.25, 0.3) is 0 Å². The molecule has 1 saturated carbocycles. The van der Waals surface area contributed by atoms with Gasteiger partial charge in [-0.1, -0.05) is 31.4 Å². The van der Waals surface area contributed by atoms with Gasteiger partial charge in [0, 0.05) is 38.0 Å². The summed E-state index contributed by atoms with van der Waals surface area (Å²) in [6, 6.07) is 5.32. The zero-order valence-electron chi connectivity index (χ0n) is 17.1. The fourth-order valence-electron chi connectivity index (χ4n) is 4.18. The minimum Gasteiger partial charge on any atom is -0.354 e. The summed E-state index contributed by atoms with van der Waals surface area (Å²) in [6.45, 7) is 1.09. The minimum atomic E-state index is -3.90. The van der Waals surface area contributed by atoms with Crippen molar-refractivity contribution < 1.29 is 22.4 Å². The highest BCUT2D eigenvalue weighted by atomic mass is 32.2. The van der Waals surface area contributed by atoms with E-state index in [9.17, 15) is 22.4 Å². The number of nitrogens with zero attached hydrogens (tertiary/aromatic N) is 1. The lowest BCUT2D eigenvalue weighted by atomic mass is 9.89. The molecule has 166 valence electrons. The second kappa shape index (κ2) is 10.3. The van der Waals surface area contributed by atoms with E-state index in [-0.39, 0.29) is 41.6 Å². The number of rotatable bonds is 7. The fourth-order valence-corrected chi connectivity index (χ4v) is 5.71. The molecule has 9 heteroatoms. The predicted molar refractivity (Wildman–Crippen MR) is 110 cm³/mol. The van der Waals surface area contributed by atoms with Gasteiger partial charge in [-0.05, 0) is 37.8 Å². The Morgan fingerprint density at radius 3 is 2.00 bits per heavy atom. The van der Waals surface area contributed by atoms with Gasteiger partial charge < -0.3 is 10.6 Å². The first-order chi connectivity index (χ1) is 14.4. The third-order valence-corrected chi connectivity index (χ3v) is 7.91. The third-order valence-electron chi connectivity index (χ3n) is 5.98. The fraction of sp³-hybridized carbons (Fsp3) is 0.619. The Bertz CT molecular complexity index is 848. The van der Waals surface area contributed by atoms with Crippen LogP contribution in [0.1, 0.15) is 44.9 Å². The molecule has 0 atom stereocenters. The number of halogens is 1. The molecular formula is C21H30FN3O4S. The Balaban J connectivity index is 1.40. The normalized spacial score (nSPS) is 19.4. The van der Waals surface area contributed by atoms with E-state index in [1.165, 1.54) is 28.9 Å². The highest BCUT2D eigenvalue weighted by Crippen LogP contribution is 2.25. The molecule has 0 aromatic heterocycles. The van der Waals surface area contributed by atoms with Crippen LogP contribution < -0.4 is 10.6 Å². The van der Waals surface area contributed by atoms with Crippen LogP contribution in [0.3, 0.4) is 0 Å². The number of hydrogen-bond donors (Lipinski definition) is 2. The summed E-state index contributed by atoms with van der Waals surface area (Å²) >= 11 is 0. The molecule has 30 heavy (non-hydrogen) atoms. The highest BCUT2D eigenvalue weighted by molar-refractivity contribution is 7.89. The smallest absolute Gasteiger partial charge is 0.245 e. The lowest BCUT2D eigenvalue weighted by molar-refractivity contribution is -0.127. The van der Waals surface area contributed by atoms with E-state index in [1.807, 2.05) is 0 Å². The molecule has 0 spiro atoms. The molecule has 2 aliphatic rings. The Labute approximate surface area is 177 Å². The van der Waals surface area contributed by atoms with Crippen LogP contribution in [-0.2, 0) is 19.6 Å². The van der Waals surface area contributed by atoms with Gasteiger partial charge in [0.15, 0.2) is 0 Å². The second-order valence-corrected chi connectivity index (χ2v) is 9.93. The van der Waals surface area contributed by atoms with E-state index in [4.69, 9.17) is 0 Å². The van der Waals surface area contributed by atoms with E-state index >= 15 is 0 Å². The maximum atomic E-state index is 13.9. The van der Waals surface area contributed by atoms with Crippen molar-refractivity contribution in [2.24, 2.45) is 11.8 Å². The van der Waals surface area contributed by atoms with Crippen molar-refractivity contribution in [3.63, 3.8) is 0 Å². The van der Waals surface area contributed by atoms with Crippen molar-refractivity contribution >= 4 is 21.8 Å². The van der Waals surface area contributed by atoms with Gasteiger partial charge in [-0.25, -0.2) is 12.8 Å². The monoisotopic (exact) mass is 439 g/mol. The zero-order chi connectivity index (χ0) is 21.6. The Hall–Kier alpha value is -2.00. The molecule has 1 aliphatic carbocycles. The van der Waals surface area contributed by atoms with E-state index in [2.05, 4.69) is 10.6 Å². The lowest BCUT2D eigenvalue weighted by Crippen LogP contribution is -2.44. The predicted octanol–water partition coefficient (Wildman–Crippen LogP) is 2.04. The van der Waals surface area contributed by atoms with Gasteiger partial charge in [-0.3, -0.25) is 9.59 Å². The van der Waals surface area contributed by atoms with Crippen molar-refractivity contribution in [2.45, 2.75) is 49.8 Å². The summed E-state index contributed by atoms with van der Waals surface area (Å²) < 4.78 is 40.4. The van der Waals surface area contributed by atoms with Crippen LogP contribution in [0.4, 0.5) is 4.39 Å². The van der Waals surface area contributed by atoms with Crippen LogP contribution >= 0.6 is 0 Å². The summed E-state index contributed by atoms with van der Waals surface area (Å²) in [5.41, 5.74) is 0. The first-order valence-electron chi connectivity index (χ1n) is 10.7. The van der Waals surface area contributed by atoms with Crippen LogP contribution in [0.2, 0.25) is 0 Å². The second-order valence-electron chi connectivity index (χ2n) is 8.03. The maximum Gasteiger partial charge on any atom is 0.245 e. The number of piperidine rings is 1. The summed E-state index contributed by atoms with van der Waals surface area (Å²) in [4.78, 5) is 24.1. The molecule has 1 heterocycles. The largest absolute Gasteiger partial charge is 0.354 e. The topological polar surface area (TPSA) is 95.6 Å². The molecule has 2 fully saturated rings. The zero-order valence-corrected chi connectivity index (χ0v) is 17.9. The summed E-state index contributed by atoms with van der Waals surface area (Å²) in [5.74, 6) is -1.03. The quantitative estimate of drug-likeness (QED) is 0.636. The highest BCUT2D eigenvalue weighted by Gasteiger charge is 2.33. The number of sulfonamides is 1. The number of carbonyl (C=O) groups excluding carboxylic acids is 2. The first-order valence-corrected chi connectivity index (χ1v) is 12.1. The number of carbonyl (C=O) groups is 2. The van der Waals surface area contributed by atoms with Crippen LogP contribution in [0.5, 0.6) is 0 Å². The molecule has 1 aliphatic heterocycles. The van der Waals surface area contributed by atoms with Crippen LogP contribution in [-0.4, -0.2) is 50.7 Å². The molecule has 1 saturated heterocycles. The van der Waals surface area contributed by atoms with Crippen molar-refractivity contribution in [3.05, 3.63) is 30.1 Å². The van der Waals surface area contributed by atoms with Gasteiger partial charge in [0.1, 0.15) is 10.7 Å². The standard InChI is InChI=1S/C21H30FN3O4S/c22-18-8-4-5-9-19(18)30(28,29)25-14-10-17(11-15-25)21(27)24-13-12-23-20(26)16-6-2-1-3-7-16/h4-5,8-9,16-17H,1-3,6-7,10-15H2,(H,23,26)(H,24,27). The van der Waals surface area contributed by atoms with Crippen molar-refractivity contribution in [1.82, 2.24) is 14.9 Å². The van der Waals surface area contributed by atoms with Gasteiger partial charge in [0.2, 0.25) is 21.8 Å². The maximum absolute atomic E-state index is 13.9. The number of amides is 2. The number of nitrogens with one attached hydrogen (secondary N) is 2. The molecule has 0 radical (unpaired) electrons. The minimum absolute atomic E-state index is 0.0654. The molecular weight excluding hydrogens is 409 g/mol. The SMILES string of the molecule is O=C(NCCNC(=O)C1CCN(S(=O)(=O)c2ccccc2F)CC1)C1CCCCC1. The molecule has 2 amide bonds. The Morgan fingerprint density at radius 2 is 1.43 bits per heavy atom. The molecule has 1 aromatic rings. The molecule has 2 N–H and O–H groups in total. The Morgan fingerprint density at radius 1 is 0.900 bits per heavy atom. The third kappa shape index (κ3) is 5.57. The van der Waals surface area contributed by atoms with Crippen molar-refractivity contribution in [2.75, 3.05) is 26.2 Å². The van der Waals surface area contributed by atoms with E-state index in [0.717, 1.165) is 31.7 Å². The number of benzene rings is 1. The van der Waals surface area contributed by atoms with Crippen molar-refractivity contribution in [1.29, 1.82) is 0 Å². The average Bonchev–Trinajstić information content (AvgIpc) is 2.77. The van der Waals surface area contributed by atoms with Crippen LogP contribution in [0, 0.1) is 17.7 Å². The van der Waals surface area contributed by atoms with Gasteiger partial charge in [-0.2, -0.15) is 4.31 Å². The Kier molecular flexibility index (Phi) is 7.82. The molecule has 7 nitrogen and oxygen atoms in total. The summed E-state index contributed by atoms with van der Waals surface area (Å²) in [7, 11) is -3.90. The molecule has 1 aromatic carbocycles. The van der Waals surface area contributed by atoms with Gasteiger partial charge in [0.05, 0.1) is 0 Å². The molecule has 0 unspecified atom stereocenters. The van der Waals surface area contributed by atoms with Crippen molar-refractivity contribution in [3.8, 4) is 0 Å². The van der Waals surface area contributed by atoms with Gasteiger partial charge in [0.25, 0.3) is 0 Å². The van der Waals surface area contributed by atoms with Gasteiger partial charge in [-0.15, -0.1) is 0 Å².